The first-order valence-electron chi connectivity index (χ1n) is 10.2. The molecule has 0 aromatic heterocycles. The molecule has 1 saturated heterocycles. The quantitative estimate of drug-likeness (QED) is 0.306. The predicted molar refractivity (Wildman–Crippen MR) is 124 cm³/mol. The van der Waals surface area contributed by atoms with Crippen molar-refractivity contribution < 1.29 is 14.7 Å². The van der Waals surface area contributed by atoms with Crippen molar-refractivity contribution in [2.75, 3.05) is 6.54 Å². The number of nitrogens with zero attached hydrogens (tertiary/aromatic N) is 1. The van der Waals surface area contributed by atoms with E-state index in [4.69, 9.17) is 11.6 Å². The lowest BCUT2D eigenvalue weighted by atomic mass is 9.88. The summed E-state index contributed by atoms with van der Waals surface area (Å²) in [5, 5.41) is 17.6. The number of nitrogens with one attached hydrogen (secondary N) is 2. The topological polar surface area (TPSA) is 90.8 Å². The van der Waals surface area contributed by atoms with E-state index < -0.39 is 11.8 Å². The second-order valence-electron chi connectivity index (χ2n) is 7.64. The standard InChI is InChI=1S/C25H22ClN3O3/c26-21-9-5-4-8-18(21)12-16-10-11-22(30)19(13-16)14-28-29-25(32)23-20(15-27-24(23)31)17-6-2-1-3-7-17/h1-11,13-14,20,23,30H,12,15H2,(H,27,31)(H,29,32)/b28-14+/t20-,23-/m1/s1. The summed E-state index contributed by atoms with van der Waals surface area (Å²) in [7, 11) is 0. The summed E-state index contributed by atoms with van der Waals surface area (Å²) in [5.74, 6) is -1.90. The van der Waals surface area contributed by atoms with Gasteiger partial charge in [0.15, 0.2) is 0 Å². The highest BCUT2D eigenvalue weighted by Gasteiger charge is 2.40. The molecule has 32 heavy (non-hydrogen) atoms. The Labute approximate surface area is 190 Å². The Balaban J connectivity index is 1.46. The minimum atomic E-state index is -0.866. The van der Waals surface area contributed by atoms with Crippen LogP contribution in [0, 0.1) is 5.92 Å². The third-order valence-electron chi connectivity index (χ3n) is 5.51. The van der Waals surface area contributed by atoms with Gasteiger partial charge in [-0.25, -0.2) is 5.43 Å². The zero-order valence-electron chi connectivity index (χ0n) is 17.2. The molecule has 0 aliphatic carbocycles. The van der Waals surface area contributed by atoms with Crippen molar-refractivity contribution in [3.63, 3.8) is 0 Å². The average Bonchev–Trinajstić information content (AvgIpc) is 3.19. The minimum Gasteiger partial charge on any atom is -0.507 e. The zero-order chi connectivity index (χ0) is 22.5. The monoisotopic (exact) mass is 447 g/mol. The van der Waals surface area contributed by atoms with Gasteiger partial charge in [0.05, 0.1) is 6.21 Å². The van der Waals surface area contributed by atoms with Crippen LogP contribution in [0.1, 0.15) is 28.2 Å². The molecular weight excluding hydrogens is 426 g/mol. The number of phenols is 1. The maximum absolute atomic E-state index is 12.7. The number of benzene rings is 3. The van der Waals surface area contributed by atoms with E-state index in [0.29, 0.717) is 23.6 Å². The lowest BCUT2D eigenvalue weighted by molar-refractivity contribution is -0.133. The number of carbonyl (C=O) groups is 2. The molecule has 0 saturated carbocycles. The lowest BCUT2D eigenvalue weighted by Crippen LogP contribution is -2.34. The maximum atomic E-state index is 12.7. The van der Waals surface area contributed by atoms with E-state index in [2.05, 4.69) is 15.8 Å². The third kappa shape index (κ3) is 4.81. The van der Waals surface area contributed by atoms with E-state index in [-0.39, 0.29) is 17.6 Å². The number of halogens is 1. The number of hydrogen-bond donors (Lipinski definition) is 3. The van der Waals surface area contributed by atoms with Crippen LogP contribution in [0.2, 0.25) is 5.02 Å². The highest BCUT2D eigenvalue weighted by molar-refractivity contribution is 6.31. The first kappa shape index (κ1) is 21.6. The smallest absolute Gasteiger partial charge is 0.253 e. The van der Waals surface area contributed by atoms with Gasteiger partial charge < -0.3 is 10.4 Å². The SMILES string of the molecule is O=C1NC[C@H](c2ccccc2)[C@H]1C(=O)N/N=C/c1cc(Cc2ccccc2Cl)ccc1O. The number of amides is 2. The molecule has 3 N–H and O–H groups in total. The molecule has 2 atom stereocenters. The van der Waals surface area contributed by atoms with E-state index in [9.17, 15) is 14.7 Å². The Morgan fingerprint density at radius 3 is 2.66 bits per heavy atom. The summed E-state index contributed by atoms with van der Waals surface area (Å²) in [6.45, 7) is 0.398. The van der Waals surface area contributed by atoms with E-state index in [0.717, 1.165) is 16.7 Å². The predicted octanol–water partition coefficient (Wildman–Crippen LogP) is 3.62. The number of rotatable bonds is 6. The maximum Gasteiger partial charge on any atom is 0.253 e. The van der Waals surface area contributed by atoms with Gasteiger partial charge in [-0.15, -0.1) is 0 Å². The molecule has 1 aliphatic heterocycles. The average molecular weight is 448 g/mol. The molecule has 162 valence electrons. The van der Waals surface area contributed by atoms with Gasteiger partial charge in [0, 0.05) is 23.0 Å². The number of aromatic hydroxyl groups is 1. The van der Waals surface area contributed by atoms with Crippen molar-refractivity contribution >= 4 is 29.6 Å². The van der Waals surface area contributed by atoms with Crippen LogP contribution < -0.4 is 10.7 Å². The Morgan fingerprint density at radius 2 is 1.88 bits per heavy atom. The minimum absolute atomic E-state index is 0.0340. The van der Waals surface area contributed by atoms with E-state index >= 15 is 0 Å². The third-order valence-corrected chi connectivity index (χ3v) is 5.88. The molecule has 0 radical (unpaired) electrons. The fourth-order valence-corrected chi connectivity index (χ4v) is 4.05. The van der Waals surface area contributed by atoms with Gasteiger partial charge in [0.1, 0.15) is 11.7 Å². The Bertz CT molecular complexity index is 1160. The highest BCUT2D eigenvalue weighted by Crippen LogP contribution is 2.29. The molecule has 1 heterocycles. The van der Waals surface area contributed by atoms with Crippen molar-refractivity contribution in [3.05, 3.63) is 100 Å². The molecule has 0 spiro atoms. The molecule has 2 amide bonds. The molecule has 1 fully saturated rings. The summed E-state index contributed by atoms with van der Waals surface area (Å²) in [6, 6.07) is 22.2. The summed E-state index contributed by atoms with van der Waals surface area (Å²) in [5.41, 5.74) is 5.71. The van der Waals surface area contributed by atoms with Crippen LogP contribution in [-0.4, -0.2) is 29.7 Å². The Hall–Kier alpha value is -3.64. The van der Waals surface area contributed by atoms with Crippen LogP contribution in [0.4, 0.5) is 0 Å². The largest absolute Gasteiger partial charge is 0.507 e. The van der Waals surface area contributed by atoms with Crippen molar-refractivity contribution in [2.24, 2.45) is 11.0 Å². The zero-order valence-corrected chi connectivity index (χ0v) is 17.9. The van der Waals surface area contributed by atoms with Crippen LogP contribution in [0.25, 0.3) is 0 Å². The van der Waals surface area contributed by atoms with Gasteiger partial charge in [-0.1, -0.05) is 66.2 Å². The first-order valence-corrected chi connectivity index (χ1v) is 10.6. The van der Waals surface area contributed by atoms with Gasteiger partial charge >= 0.3 is 0 Å². The normalized spacial score (nSPS) is 18.0. The second-order valence-corrected chi connectivity index (χ2v) is 8.04. The number of hydrazone groups is 1. The molecule has 7 heteroatoms. The summed E-state index contributed by atoms with van der Waals surface area (Å²) < 4.78 is 0. The second kappa shape index (κ2) is 9.66. The fourth-order valence-electron chi connectivity index (χ4n) is 3.85. The van der Waals surface area contributed by atoms with E-state index in [1.54, 1.807) is 12.1 Å². The van der Waals surface area contributed by atoms with Gasteiger partial charge in [-0.3, -0.25) is 9.59 Å². The fraction of sp³-hybridized carbons (Fsp3) is 0.160. The molecule has 3 aromatic carbocycles. The van der Waals surface area contributed by atoms with Crippen molar-refractivity contribution in [1.82, 2.24) is 10.7 Å². The summed E-state index contributed by atoms with van der Waals surface area (Å²) in [4.78, 5) is 25.0. The van der Waals surface area contributed by atoms with Crippen molar-refractivity contribution in [2.45, 2.75) is 12.3 Å². The van der Waals surface area contributed by atoms with Crippen LogP contribution in [0.5, 0.6) is 5.75 Å². The van der Waals surface area contributed by atoms with E-state index in [1.165, 1.54) is 6.21 Å². The Kier molecular flexibility index (Phi) is 6.52. The number of hydrogen-bond acceptors (Lipinski definition) is 4. The molecule has 4 rings (SSSR count). The first-order chi connectivity index (χ1) is 15.5. The van der Waals surface area contributed by atoms with Crippen LogP contribution in [0.15, 0.2) is 77.9 Å². The number of phenolic OH excluding ortho intramolecular Hbond substituents is 1. The molecule has 0 bridgehead atoms. The van der Waals surface area contributed by atoms with Crippen molar-refractivity contribution in [3.8, 4) is 5.75 Å². The van der Waals surface area contributed by atoms with Gasteiger partial charge in [0.2, 0.25) is 5.91 Å². The Morgan fingerprint density at radius 1 is 1.12 bits per heavy atom. The molecule has 0 unspecified atom stereocenters. The lowest BCUT2D eigenvalue weighted by Gasteiger charge is -2.15. The summed E-state index contributed by atoms with van der Waals surface area (Å²) >= 11 is 6.24. The molecule has 1 aliphatic rings. The molecule has 3 aromatic rings. The van der Waals surface area contributed by atoms with Crippen LogP contribution >= 0.6 is 11.6 Å². The molecule has 6 nitrogen and oxygen atoms in total. The van der Waals surface area contributed by atoms with Gasteiger partial charge in [0.25, 0.3) is 5.91 Å². The molecular formula is C25H22ClN3O3. The van der Waals surface area contributed by atoms with Gasteiger partial charge in [-0.2, -0.15) is 5.10 Å². The van der Waals surface area contributed by atoms with Crippen LogP contribution in [-0.2, 0) is 16.0 Å². The highest BCUT2D eigenvalue weighted by atomic mass is 35.5. The van der Waals surface area contributed by atoms with Crippen molar-refractivity contribution in [1.29, 1.82) is 0 Å². The van der Waals surface area contributed by atoms with E-state index in [1.807, 2.05) is 60.7 Å². The summed E-state index contributed by atoms with van der Waals surface area (Å²) in [6.07, 6.45) is 1.96. The number of carbonyl (C=O) groups excluding carboxylic acids is 2. The van der Waals surface area contributed by atoms with Crippen LogP contribution in [0.3, 0.4) is 0 Å². The van der Waals surface area contributed by atoms with Gasteiger partial charge in [-0.05, 0) is 41.3 Å².